The topological polar surface area (TPSA) is 87.2 Å². The Kier molecular flexibility index (Phi) is 4.23. The van der Waals surface area contributed by atoms with Crippen LogP contribution in [0.15, 0.2) is 34.2 Å². The number of H-pyrrole nitrogens is 1. The van der Waals surface area contributed by atoms with Gasteiger partial charge in [0.15, 0.2) is 5.69 Å². The minimum absolute atomic E-state index is 0.181. The largest absolute Gasteiger partial charge is 0.292 e. The van der Waals surface area contributed by atoms with Crippen LogP contribution in [0.2, 0.25) is 0 Å². The van der Waals surface area contributed by atoms with E-state index in [9.17, 15) is 9.59 Å². The number of hydrazone groups is 1. The third-order valence-corrected chi connectivity index (χ3v) is 4.48. The lowest BCUT2D eigenvalue weighted by atomic mass is 9.81. The molecule has 0 unspecified atom stereocenters. The molecule has 0 spiro atoms. The van der Waals surface area contributed by atoms with Crippen LogP contribution in [0, 0.1) is 11.8 Å². The predicted molar refractivity (Wildman–Crippen MR) is 89.4 cm³/mol. The van der Waals surface area contributed by atoms with Crippen molar-refractivity contribution >= 4 is 22.4 Å². The standard InChI is InChI=1S/C17H20N4O2/c1-10-6-5-7-11(2)14(10)18-21-17(23)15-12-8-3-4-9-13(12)16(22)20-19-15/h3-4,8-11H,5-7H2,1-2H3,(H,20,22)(H,21,23)/t10-,11+. The smallest absolute Gasteiger partial charge is 0.267 e. The van der Waals surface area contributed by atoms with E-state index in [1.165, 1.54) is 6.42 Å². The van der Waals surface area contributed by atoms with E-state index in [0.29, 0.717) is 22.6 Å². The van der Waals surface area contributed by atoms with E-state index >= 15 is 0 Å². The first-order valence-corrected chi connectivity index (χ1v) is 7.93. The number of nitrogens with zero attached hydrogens (tertiary/aromatic N) is 2. The molecule has 1 aromatic carbocycles. The van der Waals surface area contributed by atoms with Crippen LogP contribution >= 0.6 is 0 Å². The summed E-state index contributed by atoms with van der Waals surface area (Å²) in [4.78, 5) is 24.2. The van der Waals surface area contributed by atoms with Crippen molar-refractivity contribution in [3.8, 4) is 0 Å². The van der Waals surface area contributed by atoms with Gasteiger partial charge in [-0.25, -0.2) is 10.5 Å². The number of hydrogen-bond acceptors (Lipinski definition) is 4. The van der Waals surface area contributed by atoms with Gasteiger partial charge in [-0.15, -0.1) is 0 Å². The average molecular weight is 312 g/mol. The van der Waals surface area contributed by atoms with Crippen LogP contribution in [0.4, 0.5) is 0 Å². The van der Waals surface area contributed by atoms with Crippen molar-refractivity contribution in [1.82, 2.24) is 15.6 Å². The first-order chi connectivity index (χ1) is 11.1. The molecule has 120 valence electrons. The Bertz CT molecular complexity index is 813. The minimum atomic E-state index is -0.407. The maximum absolute atomic E-state index is 12.4. The fourth-order valence-corrected chi connectivity index (χ4v) is 3.19. The molecule has 2 atom stereocenters. The molecule has 3 rings (SSSR count). The van der Waals surface area contributed by atoms with E-state index < -0.39 is 5.91 Å². The molecule has 0 bridgehead atoms. The third kappa shape index (κ3) is 3.02. The van der Waals surface area contributed by atoms with Crippen LogP contribution < -0.4 is 11.0 Å². The maximum atomic E-state index is 12.4. The summed E-state index contributed by atoms with van der Waals surface area (Å²) in [6.07, 6.45) is 3.39. The van der Waals surface area contributed by atoms with Crippen LogP contribution in [-0.4, -0.2) is 21.8 Å². The Hall–Kier alpha value is -2.50. The molecule has 0 aliphatic heterocycles. The molecule has 6 heteroatoms. The molecule has 1 fully saturated rings. The zero-order valence-corrected chi connectivity index (χ0v) is 13.3. The molecule has 23 heavy (non-hydrogen) atoms. The number of hydrogen-bond donors (Lipinski definition) is 2. The quantitative estimate of drug-likeness (QED) is 0.835. The molecule has 1 saturated carbocycles. The molecule has 1 aliphatic rings. The Labute approximate surface area is 134 Å². The van der Waals surface area contributed by atoms with Crippen LogP contribution in [0.5, 0.6) is 0 Å². The first-order valence-electron chi connectivity index (χ1n) is 7.93. The van der Waals surface area contributed by atoms with Crippen LogP contribution in [-0.2, 0) is 0 Å². The molecular weight excluding hydrogens is 292 g/mol. The van der Waals surface area contributed by atoms with Gasteiger partial charge in [0, 0.05) is 11.1 Å². The zero-order valence-electron chi connectivity index (χ0n) is 13.3. The highest BCUT2D eigenvalue weighted by atomic mass is 16.2. The van der Waals surface area contributed by atoms with Crippen molar-refractivity contribution in [3.05, 3.63) is 40.3 Å². The lowest BCUT2D eigenvalue weighted by Crippen LogP contribution is -2.30. The second-order valence-corrected chi connectivity index (χ2v) is 6.16. The monoisotopic (exact) mass is 312 g/mol. The van der Waals surface area contributed by atoms with Crippen LogP contribution in [0.1, 0.15) is 43.6 Å². The van der Waals surface area contributed by atoms with Gasteiger partial charge in [0.05, 0.1) is 5.39 Å². The van der Waals surface area contributed by atoms with E-state index in [0.717, 1.165) is 18.6 Å². The van der Waals surface area contributed by atoms with Gasteiger partial charge >= 0.3 is 0 Å². The van der Waals surface area contributed by atoms with Gasteiger partial charge in [-0.05, 0) is 30.7 Å². The van der Waals surface area contributed by atoms with Crippen molar-refractivity contribution in [2.75, 3.05) is 0 Å². The number of benzene rings is 1. The summed E-state index contributed by atoms with van der Waals surface area (Å²) in [6, 6.07) is 6.91. The van der Waals surface area contributed by atoms with Crippen molar-refractivity contribution in [2.45, 2.75) is 33.1 Å². The second-order valence-electron chi connectivity index (χ2n) is 6.16. The average Bonchev–Trinajstić information content (AvgIpc) is 2.55. The normalized spacial score (nSPS) is 23.1. The highest BCUT2D eigenvalue weighted by Gasteiger charge is 2.23. The lowest BCUT2D eigenvalue weighted by Gasteiger charge is -2.26. The summed E-state index contributed by atoms with van der Waals surface area (Å²) in [5.41, 5.74) is 3.51. The number of carbonyl (C=O) groups is 1. The molecule has 1 heterocycles. The number of fused-ring (bicyclic) bond motifs is 1. The third-order valence-electron chi connectivity index (χ3n) is 4.48. The summed E-state index contributed by atoms with van der Waals surface area (Å²) < 4.78 is 0. The summed E-state index contributed by atoms with van der Waals surface area (Å²) in [5.74, 6) is 0.341. The minimum Gasteiger partial charge on any atom is -0.267 e. The fraction of sp³-hybridized carbons (Fsp3) is 0.412. The molecule has 1 aliphatic carbocycles. The highest BCUT2D eigenvalue weighted by Crippen LogP contribution is 2.25. The SMILES string of the molecule is C[C@@H]1CCC[C@H](C)C1=NNC(=O)c1n[nH]c(=O)c2ccccc12. The van der Waals surface area contributed by atoms with Crippen molar-refractivity contribution in [1.29, 1.82) is 0 Å². The summed E-state index contributed by atoms with van der Waals surface area (Å²) in [5, 5.41) is 11.6. The molecule has 1 amide bonds. The summed E-state index contributed by atoms with van der Waals surface area (Å²) in [6.45, 7) is 4.27. The summed E-state index contributed by atoms with van der Waals surface area (Å²) in [7, 11) is 0. The second kappa shape index (κ2) is 6.32. The maximum Gasteiger partial charge on any atom is 0.292 e. The molecule has 0 saturated heterocycles. The van der Waals surface area contributed by atoms with E-state index in [1.807, 2.05) is 0 Å². The zero-order chi connectivity index (χ0) is 16.4. The molecule has 2 aromatic rings. The van der Waals surface area contributed by atoms with E-state index in [-0.39, 0.29) is 11.3 Å². The predicted octanol–water partition coefficient (Wildman–Crippen LogP) is 2.47. The van der Waals surface area contributed by atoms with Gasteiger partial charge in [-0.2, -0.15) is 10.2 Å². The van der Waals surface area contributed by atoms with E-state index in [4.69, 9.17) is 0 Å². The highest BCUT2D eigenvalue weighted by molar-refractivity contribution is 6.05. The number of rotatable bonds is 2. The van der Waals surface area contributed by atoms with Crippen molar-refractivity contribution in [3.63, 3.8) is 0 Å². The number of carbonyl (C=O) groups excluding carboxylic acids is 1. The number of aromatic nitrogens is 2. The Morgan fingerprint density at radius 3 is 2.57 bits per heavy atom. The van der Waals surface area contributed by atoms with Gasteiger partial charge in [-0.3, -0.25) is 9.59 Å². The van der Waals surface area contributed by atoms with Crippen LogP contribution in [0.25, 0.3) is 10.8 Å². The lowest BCUT2D eigenvalue weighted by molar-refractivity contribution is 0.0950. The van der Waals surface area contributed by atoms with Crippen LogP contribution in [0.3, 0.4) is 0 Å². The molecule has 0 radical (unpaired) electrons. The fourth-order valence-electron chi connectivity index (χ4n) is 3.19. The molecule has 6 nitrogen and oxygen atoms in total. The Morgan fingerprint density at radius 1 is 1.22 bits per heavy atom. The number of nitrogens with one attached hydrogen (secondary N) is 2. The van der Waals surface area contributed by atoms with E-state index in [1.54, 1.807) is 24.3 Å². The number of amides is 1. The Morgan fingerprint density at radius 2 is 1.87 bits per heavy atom. The molecule has 1 aromatic heterocycles. The van der Waals surface area contributed by atoms with Gasteiger partial charge in [0.2, 0.25) is 0 Å². The van der Waals surface area contributed by atoms with Gasteiger partial charge in [0.1, 0.15) is 0 Å². The van der Waals surface area contributed by atoms with E-state index in [2.05, 4.69) is 34.6 Å². The molecular formula is C17H20N4O2. The molecule has 2 N–H and O–H groups in total. The van der Waals surface area contributed by atoms with Crippen molar-refractivity contribution < 1.29 is 4.79 Å². The van der Waals surface area contributed by atoms with Crippen molar-refractivity contribution in [2.24, 2.45) is 16.9 Å². The summed E-state index contributed by atoms with van der Waals surface area (Å²) >= 11 is 0. The van der Waals surface area contributed by atoms with Gasteiger partial charge in [0.25, 0.3) is 11.5 Å². The first kappa shape index (κ1) is 15.4. The Balaban J connectivity index is 1.90. The number of aromatic amines is 1. The van der Waals surface area contributed by atoms with Gasteiger partial charge in [-0.1, -0.05) is 38.5 Å². The van der Waals surface area contributed by atoms with Gasteiger partial charge < -0.3 is 0 Å².